The fraction of sp³-hybridized carbons (Fsp3) is 0.421. The van der Waals surface area contributed by atoms with E-state index in [-0.39, 0.29) is 36.2 Å². The summed E-state index contributed by atoms with van der Waals surface area (Å²) in [5.41, 5.74) is 1.53. The summed E-state index contributed by atoms with van der Waals surface area (Å²) in [6.07, 6.45) is 5.80. The lowest BCUT2D eigenvalue weighted by Crippen LogP contribution is -2.37. The number of aliphatic hydroxyl groups is 1. The summed E-state index contributed by atoms with van der Waals surface area (Å²) in [4.78, 5) is 36.9. The van der Waals surface area contributed by atoms with Crippen LogP contribution in [-0.4, -0.2) is 34.3 Å². The van der Waals surface area contributed by atoms with Gasteiger partial charge in [-0.2, -0.15) is 0 Å². The Balaban J connectivity index is 1.47. The predicted molar refractivity (Wildman–Crippen MR) is 92.3 cm³/mol. The first-order valence-electron chi connectivity index (χ1n) is 8.61. The molecule has 1 fully saturated rings. The maximum atomic E-state index is 12.4. The summed E-state index contributed by atoms with van der Waals surface area (Å²) < 4.78 is 0. The highest BCUT2D eigenvalue weighted by Crippen LogP contribution is 2.30. The molecule has 1 saturated carbocycles. The van der Waals surface area contributed by atoms with Gasteiger partial charge in [0.15, 0.2) is 0 Å². The van der Waals surface area contributed by atoms with Crippen LogP contribution < -0.4 is 5.32 Å². The number of carbonyl (C=O) groups is 3. The molecular formula is C19H22N2O4. The molecule has 0 unspecified atom stereocenters. The van der Waals surface area contributed by atoms with Crippen molar-refractivity contribution in [3.8, 4) is 0 Å². The van der Waals surface area contributed by atoms with Crippen LogP contribution in [0.5, 0.6) is 0 Å². The van der Waals surface area contributed by atoms with Gasteiger partial charge in [0.1, 0.15) is 0 Å². The van der Waals surface area contributed by atoms with Gasteiger partial charge in [-0.1, -0.05) is 12.1 Å². The van der Waals surface area contributed by atoms with E-state index in [2.05, 4.69) is 5.32 Å². The van der Waals surface area contributed by atoms with Crippen LogP contribution in [-0.2, 0) is 21.0 Å². The minimum absolute atomic E-state index is 0.00481. The van der Waals surface area contributed by atoms with E-state index in [0.717, 1.165) is 36.9 Å². The van der Waals surface area contributed by atoms with Gasteiger partial charge < -0.3 is 10.4 Å². The number of imide groups is 1. The molecule has 1 heterocycles. The smallest absolute Gasteiger partial charge is 0.253 e. The van der Waals surface area contributed by atoms with Gasteiger partial charge in [-0.15, -0.1) is 0 Å². The highest BCUT2D eigenvalue weighted by atomic mass is 16.3. The minimum Gasteiger partial charge on any atom is -0.392 e. The Bertz CT molecular complexity index is 670. The number of hydrogen-bond donors (Lipinski definition) is 2. The molecule has 0 atom stereocenters. The zero-order valence-electron chi connectivity index (χ0n) is 14.0. The van der Waals surface area contributed by atoms with E-state index < -0.39 is 0 Å². The van der Waals surface area contributed by atoms with E-state index >= 15 is 0 Å². The molecule has 3 rings (SSSR count). The third kappa shape index (κ3) is 4.14. The van der Waals surface area contributed by atoms with Gasteiger partial charge in [-0.25, -0.2) is 0 Å². The Morgan fingerprint density at radius 3 is 2.20 bits per heavy atom. The van der Waals surface area contributed by atoms with Crippen molar-refractivity contribution in [3.63, 3.8) is 0 Å². The lowest BCUT2D eigenvalue weighted by molar-refractivity contribution is -0.138. The van der Waals surface area contributed by atoms with Crippen molar-refractivity contribution < 1.29 is 19.5 Å². The van der Waals surface area contributed by atoms with Crippen LogP contribution in [0.2, 0.25) is 0 Å². The molecule has 0 saturated heterocycles. The molecule has 0 bridgehead atoms. The molecule has 1 aliphatic carbocycles. The Labute approximate surface area is 146 Å². The Morgan fingerprint density at radius 1 is 1.04 bits per heavy atom. The summed E-state index contributed by atoms with van der Waals surface area (Å²) in [6.45, 7) is 0.428. The molecule has 25 heavy (non-hydrogen) atoms. The fourth-order valence-electron chi connectivity index (χ4n) is 3.41. The van der Waals surface area contributed by atoms with Gasteiger partial charge in [-0.3, -0.25) is 19.3 Å². The van der Waals surface area contributed by atoms with E-state index in [9.17, 15) is 14.4 Å². The standard InChI is InChI=1S/C19H22N2O4/c22-12-14-3-7-16(8-4-14)20-19(25)15-5-1-13(2-6-15)11-21-17(23)9-10-18(21)24/h3-4,7-10,13,15,22H,1-2,5-6,11-12H2,(H,20,25). The van der Waals surface area contributed by atoms with Crippen LogP contribution >= 0.6 is 0 Å². The molecule has 1 aromatic carbocycles. The fourth-order valence-corrected chi connectivity index (χ4v) is 3.41. The lowest BCUT2D eigenvalue weighted by Gasteiger charge is -2.30. The van der Waals surface area contributed by atoms with Gasteiger partial charge in [0.25, 0.3) is 11.8 Å². The number of nitrogens with one attached hydrogen (secondary N) is 1. The number of anilines is 1. The van der Waals surface area contributed by atoms with Gasteiger partial charge >= 0.3 is 0 Å². The molecule has 1 aliphatic heterocycles. The molecular weight excluding hydrogens is 320 g/mol. The maximum absolute atomic E-state index is 12.4. The van der Waals surface area contributed by atoms with Crippen LogP contribution in [0.25, 0.3) is 0 Å². The van der Waals surface area contributed by atoms with Crippen LogP contribution in [0, 0.1) is 11.8 Å². The molecule has 0 spiro atoms. The van der Waals surface area contributed by atoms with Crippen molar-refractivity contribution in [2.24, 2.45) is 11.8 Å². The Kier molecular flexibility index (Phi) is 5.28. The van der Waals surface area contributed by atoms with Crippen molar-refractivity contribution in [1.29, 1.82) is 0 Å². The number of benzene rings is 1. The molecule has 2 N–H and O–H groups in total. The molecule has 6 nitrogen and oxygen atoms in total. The van der Waals surface area contributed by atoms with E-state index in [1.165, 1.54) is 17.1 Å². The predicted octanol–water partition coefficient (Wildman–Crippen LogP) is 1.85. The number of amides is 3. The zero-order valence-corrected chi connectivity index (χ0v) is 14.0. The maximum Gasteiger partial charge on any atom is 0.253 e. The van der Waals surface area contributed by atoms with Crippen molar-refractivity contribution in [1.82, 2.24) is 4.90 Å². The first kappa shape index (κ1) is 17.4. The first-order chi connectivity index (χ1) is 12.1. The van der Waals surface area contributed by atoms with Gasteiger partial charge in [0.05, 0.1) is 6.61 Å². The highest BCUT2D eigenvalue weighted by molar-refractivity contribution is 6.12. The summed E-state index contributed by atoms with van der Waals surface area (Å²) in [5, 5.41) is 12.0. The molecule has 0 aromatic heterocycles. The molecule has 1 aromatic rings. The van der Waals surface area contributed by atoms with Crippen LogP contribution in [0.1, 0.15) is 31.2 Å². The number of hydrogen-bond acceptors (Lipinski definition) is 4. The minimum atomic E-state index is -0.240. The van der Waals surface area contributed by atoms with Gasteiger partial charge in [-0.05, 0) is 49.3 Å². The number of carbonyl (C=O) groups excluding carboxylic acids is 3. The zero-order chi connectivity index (χ0) is 17.8. The van der Waals surface area contributed by atoms with Crippen LogP contribution in [0.15, 0.2) is 36.4 Å². The van der Waals surface area contributed by atoms with Gasteiger partial charge in [0, 0.05) is 30.3 Å². The van der Waals surface area contributed by atoms with Crippen LogP contribution in [0.4, 0.5) is 5.69 Å². The summed E-state index contributed by atoms with van der Waals surface area (Å²) >= 11 is 0. The van der Waals surface area contributed by atoms with Crippen LogP contribution in [0.3, 0.4) is 0 Å². The second-order valence-corrected chi connectivity index (χ2v) is 6.68. The SMILES string of the molecule is O=C(Nc1ccc(CO)cc1)C1CCC(CN2C(=O)C=CC2=O)CC1. The molecule has 0 radical (unpaired) electrons. The largest absolute Gasteiger partial charge is 0.392 e. The molecule has 3 amide bonds. The second kappa shape index (κ2) is 7.61. The Morgan fingerprint density at radius 2 is 1.64 bits per heavy atom. The number of nitrogens with zero attached hydrogens (tertiary/aromatic N) is 1. The van der Waals surface area contributed by atoms with Gasteiger partial charge in [0.2, 0.25) is 5.91 Å². The second-order valence-electron chi connectivity index (χ2n) is 6.68. The monoisotopic (exact) mass is 342 g/mol. The third-order valence-electron chi connectivity index (χ3n) is 4.96. The number of aliphatic hydroxyl groups excluding tert-OH is 1. The average Bonchev–Trinajstić information content (AvgIpc) is 2.95. The quantitative estimate of drug-likeness (QED) is 0.800. The molecule has 6 heteroatoms. The molecule has 2 aliphatic rings. The van der Waals surface area contributed by atoms with Crippen molar-refractivity contribution >= 4 is 23.4 Å². The number of rotatable bonds is 5. The summed E-state index contributed by atoms with van der Waals surface area (Å²) in [5.74, 6) is -0.255. The van der Waals surface area contributed by atoms with Crippen molar-refractivity contribution in [2.45, 2.75) is 32.3 Å². The normalized spacial score (nSPS) is 23.2. The lowest BCUT2D eigenvalue weighted by atomic mass is 9.81. The highest BCUT2D eigenvalue weighted by Gasteiger charge is 2.31. The third-order valence-corrected chi connectivity index (χ3v) is 4.96. The van der Waals surface area contributed by atoms with E-state index in [1.54, 1.807) is 24.3 Å². The molecule has 132 valence electrons. The van der Waals surface area contributed by atoms with E-state index in [0.29, 0.717) is 6.54 Å². The van der Waals surface area contributed by atoms with E-state index in [4.69, 9.17) is 5.11 Å². The van der Waals surface area contributed by atoms with Crippen molar-refractivity contribution in [2.75, 3.05) is 11.9 Å². The average molecular weight is 342 g/mol. The first-order valence-corrected chi connectivity index (χ1v) is 8.61. The summed E-state index contributed by atoms with van der Waals surface area (Å²) in [6, 6.07) is 7.13. The Hall–Kier alpha value is -2.47. The van der Waals surface area contributed by atoms with E-state index in [1.807, 2.05) is 0 Å². The summed E-state index contributed by atoms with van der Waals surface area (Å²) in [7, 11) is 0. The van der Waals surface area contributed by atoms with Crippen molar-refractivity contribution in [3.05, 3.63) is 42.0 Å². The topological polar surface area (TPSA) is 86.7 Å².